The van der Waals surface area contributed by atoms with Crippen LogP contribution in [0.25, 0.3) is 11.3 Å². The summed E-state index contributed by atoms with van der Waals surface area (Å²) in [6.07, 6.45) is 5.19. The second-order valence-electron chi connectivity index (χ2n) is 6.66. The normalized spacial score (nSPS) is 11.1. The van der Waals surface area contributed by atoms with E-state index in [1.165, 1.54) is 30.7 Å². The van der Waals surface area contributed by atoms with E-state index in [-0.39, 0.29) is 22.7 Å². The van der Waals surface area contributed by atoms with E-state index in [1.807, 2.05) is 19.1 Å². The van der Waals surface area contributed by atoms with Crippen LogP contribution >= 0.6 is 0 Å². The van der Waals surface area contributed by atoms with E-state index in [4.69, 9.17) is 10.2 Å². The molecule has 0 aliphatic carbocycles. The van der Waals surface area contributed by atoms with Crippen LogP contribution in [0.15, 0.2) is 72.0 Å². The third-order valence-corrected chi connectivity index (χ3v) is 5.95. The molecule has 0 aliphatic rings. The number of benzene rings is 1. The van der Waals surface area contributed by atoms with E-state index in [0.717, 1.165) is 9.54 Å². The smallest absolute Gasteiger partial charge is 0.328 e. The topological polar surface area (TPSA) is 139 Å². The van der Waals surface area contributed by atoms with Crippen LogP contribution in [-0.4, -0.2) is 46.6 Å². The van der Waals surface area contributed by atoms with Gasteiger partial charge in [0.15, 0.2) is 5.82 Å². The van der Waals surface area contributed by atoms with Crippen LogP contribution in [0.3, 0.4) is 0 Å². The van der Waals surface area contributed by atoms with Crippen molar-refractivity contribution in [1.29, 1.82) is 0 Å². The van der Waals surface area contributed by atoms with Crippen molar-refractivity contribution < 1.29 is 32.6 Å². The first-order valence-electron chi connectivity index (χ1n) is 9.49. The van der Waals surface area contributed by atoms with Crippen molar-refractivity contribution in [1.82, 2.24) is 14.3 Å². The molecular weight excluding hydrogens is 453 g/mol. The van der Waals surface area contributed by atoms with E-state index < -0.39 is 27.8 Å². The van der Waals surface area contributed by atoms with Gasteiger partial charge in [0.2, 0.25) is 0 Å². The second kappa shape index (κ2) is 11.2. The van der Waals surface area contributed by atoms with Crippen LogP contribution in [0, 0.1) is 12.7 Å². The van der Waals surface area contributed by atoms with Gasteiger partial charge in [-0.25, -0.2) is 26.4 Å². The Bertz CT molecular complexity index is 1250. The van der Waals surface area contributed by atoms with Crippen molar-refractivity contribution in [2.24, 2.45) is 0 Å². The predicted octanol–water partition coefficient (Wildman–Crippen LogP) is 2.67. The first kappa shape index (κ1) is 25.4. The van der Waals surface area contributed by atoms with Crippen molar-refractivity contribution in [2.45, 2.75) is 18.4 Å². The maximum Gasteiger partial charge on any atom is 0.328 e. The quantitative estimate of drug-likeness (QED) is 0.443. The number of carboxylic acid groups (broad SMARTS) is 2. The van der Waals surface area contributed by atoms with Crippen LogP contribution in [0.4, 0.5) is 4.39 Å². The Morgan fingerprint density at radius 3 is 2.27 bits per heavy atom. The zero-order valence-electron chi connectivity index (χ0n) is 17.8. The highest BCUT2D eigenvalue weighted by atomic mass is 32.2. The third kappa shape index (κ3) is 6.34. The average molecular weight is 475 g/mol. The van der Waals surface area contributed by atoms with Crippen LogP contribution in [0.1, 0.15) is 11.1 Å². The zero-order chi connectivity index (χ0) is 24.6. The van der Waals surface area contributed by atoms with Gasteiger partial charge >= 0.3 is 11.9 Å². The lowest BCUT2D eigenvalue weighted by molar-refractivity contribution is -0.134. The van der Waals surface area contributed by atoms with E-state index in [1.54, 1.807) is 19.2 Å². The highest BCUT2D eigenvalue weighted by molar-refractivity contribution is 7.90. The summed E-state index contributed by atoms with van der Waals surface area (Å²) in [5.41, 5.74) is 1.65. The number of nitrogens with zero attached hydrogens (tertiary/aromatic N) is 2. The Hall–Kier alpha value is -3.83. The minimum absolute atomic E-state index is 0.0100. The standard InChI is InChI=1S/C18H18FN3O2S.C4H4O4/c1-13-6-3-4-8-16(13)18-17(19)14(10-20-2)12-22(18)25(23,24)15-7-5-9-21-11-15;5-3(6)1-2-4(7)8/h3-9,11-12,20H,10H2,1-2H3;1-2H,(H,5,6)(H,7,8). The zero-order valence-corrected chi connectivity index (χ0v) is 18.6. The van der Waals surface area contributed by atoms with Gasteiger partial charge in [-0.2, -0.15) is 0 Å². The molecule has 0 bridgehead atoms. The number of halogens is 1. The summed E-state index contributed by atoms with van der Waals surface area (Å²) in [6, 6.07) is 10.1. The fourth-order valence-corrected chi connectivity index (χ4v) is 4.20. The summed E-state index contributed by atoms with van der Waals surface area (Å²) in [5.74, 6) is -3.06. The Labute approximate surface area is 189 Å². The molecule has 0 atom stereocenters. The largest absolute Gasteiger partial charge is 0.478 e. The van der Waals surface area contributed by atoms with Gasteiger partial charge in [-0.1, -0.05) is 24.3 Å². The van der Waals surface area contributed by atoms with Crippen molar-refractivity contribution in [2.75, 3.05) is 7.05 Å². The average Bonchev–Trinajstić information content (AvgIpc) is 3.11. The molecule has 0 fully saturated rings. The van der Waals surface area contributed by atoms with Crippen molar-refractivity contribution in [3.8, 4) is 11.3 Å². The van der Waals surface area contributed by atoms with Crippen molar-refractivity contribution in [3.05, 3.63) is 84.1 Å². The maximum atomic E-state index is 15.1. The van der Waals surface area contributed by atoms with Gasteiger partial charge in [0.25, 0.3) is 10.0 Å². The molecule has 3 aromatic rings. The van der Waals surface area contributed by atoms with Crippen LogP contribution in [-0.2, 0) is 26.2 Å². The molecule has 11 heteroatoms. The summed E-state index contributed by atoms with van der Waals surface area (Å²) in [7, 11) is -2.29. The number of pyridine rings is 1. The van der Waals surface area contributed by atoms with Crippen LogP contribution in [0.2, 0.25) is 0 Å². The molecule has 0 saturated carbocycles. The highest BCUT2D eigenvalue weighted by Gasteiger charge is 2.27. The van der Waals surface area contributed by atoms with Crippen LogP contribution < -0.4 is 5.32 Å². The van der Waals surface area contributed by atoms with E-state index >= 15 is 4.39 Å². The fourth-order valence-electron chi connectivity index (χ4n) is 2.85. The molecule has 0 unspecified atom stereocenters. The molecule has 0 saturated heterocycles. The minimum atomic E-state index is -3.97. The Kier molecular flexibility index (Phi) is 8.60. The summed E-state index contributed by atoms with van der Waals surface area (Å²) in [4.78, 5) is 23.0. The Balaban J connectivity index is 0.000000414. The molecular formula is C22H22FN3O6S. The number of nitrogens with one attached hydrogen (secondary N) is 1. The molecule has 2 aromatic heterocycles. The SMILES string of the molecule is CNCc1cn(S(=O)(=O)c2cccnc2)c(-c2ccccc2C)c1F.O=C(O)C=CC(=O)O. The summed E-state index contributed by atoms with van der Waals surface area (Å²) < 4.78 is 42.1. The minimum Gasteiger partial charge on any atom is -0.478 e. The molecule has 1 aromatic carbocycles. The molecule has 0 spiro atoms. The molecule has 0 aliphatic heterocycles. The molecule has 0 amide bonds. The number of rotatable bonds is 7. The molecule has 3 rings (SSSR count). The Morgan fingerprint density at radius 2 is 1.76 bits per heavy atom. The van der Waals surface area contributed by atoms with Gasteiger partial charge in [-0.05, 0) is 31.7 Å². The lowest BCUT2D eigenvalue weighted by Crippen LogP contribution is -2.14. The molecule has 174 valence electrons. The van der Waals surface area contributed by atoms with Crippen molar-refractivity contribution >= 4 is 22.0 Å². The second-order valence-corrected chi connectivity index (χ2v) is 8.48. The molecule has 9 nitrogen and oxygen atoms in total. The van der Waals surface area contributed by atoms with Gasteiger partial charge in [0.1, 0.15) is 10.6 Å². The maximum absolute atomic E-state index is 15.1. The fraction of sp³-hybridized carbons (Fsp3) is 0.136. The number of aromatic nitrogens is 2. The first-order chi connectivity index (χ1) is 15.6. The van der Waals surface area contributed by atoms with Crippen molar-refractivity contribution in [3.63, 3.8) is 0 Å². The third-order valence-electron chi connectivity index (χ3n) is 4.31. The van der Waals surface area contributed by atoms with Gasteiger partial charge in [0.05, 0.1) is 0 Å². The molecule has 33 heavy (non-hydrogen) atoms. The first-order valence-corrected chi connectivity index (χ1v) is 10.9. The lowest BCUT2D eigenvalue weighted by Gasteiger charge is -2.12. The van der Waals surface area contributed by atoms with E-state index in [2.05, 4.69) is 10.3 Å². The molecule has 2 heterocycles. The summed E-state index contributed by atoms with van der Waals surface area (Å²) in [6.45, 7) is 2.04. The van der Waals surface area contributed by atoms with Gasteiger partial charge in [-0.15, -0.1) is 0 Å². The van der Waals surface area contributed by atoms with Gasteiger partial charge in [-0.3, -0.25) is 4.98 Å². The number of hydrogen-bond donors (Lipinski definition) is 3. The summed E-state index contributed by atoms with van der Waals surface area (Å²) >= 11 is 0. The molecule has 3 N–H and O–H groups in total. The number of aryl methyl sites for hydroxylation is 1. The number of hydrogen-bond acceptors (Lipinski definition) is 6. The lowest BCUT2D eigenvalue weighted by atomic mass is 10.1. The van der Waals surface area contributed by atoms with E-state index in [9.17, 15) is 18.0 Å². The molecule has 0 radical (unpaired) electrons. The number of carbonyl (C=O) groups is 2. The van der Waals surface area contributed by atoms with E-state index in [0.29, 0.717) is 17.7 Å². The monoisotopic (exact) mass is 475 g/mol. The highest BCUT2D eigenvalue weighted by Crippen LogP contribution is 2.32. The number of aliphatic carboxylic acids is 2. The predicted molar refractivity (Wildman–Crippen MR) is 119 cm³/mol. The number of carboxylic acids is 2. The van der Waals surface area contributed by atoms with Gasteiger partial charge in [0, 0.05) is 48.4 Å². The van der Waals surface area contributed by atoms with Gasteiger partial charge < -0.3 is 15.5 Å². The van der Waals surface area contributed by atoms with Crippen LogP contribution in [0.5, 0.6) is 0 Å². The summed E-state index contributed by atoms with van der Waals surface area (Å²) in [5, 5.41) is 18.5. The Morgan fingerprint density at radius 1 is 1.12 bits per heavy atom.